The van der Waals surface area contributed by atoms with Crippen LogP contribution in [0.3, 0.4) is 0 Å². The number of hydrogen-bond donors (Lipinski definition) is 0. The number of rotatable bonds is 0. The molecule has 0 atom stereocenters. The van der Waals surface area contributed by atoms with E-state index in [1.54, 1.807) is 0 Å². The van der Waals surface area contributed by atoms with E-state index in [1.807, 2.05) is 0 Å². The maximum absolute atomic E-state index is 9.48. The van der Waals surface area contributed by atoms with Gasteiger partial charge in [-0.15, -0.1) is 0 Å². The zero-order valence-electron chi connectivity index (χ0n) is 4.60. The van der Waals surface area contributed by atoms with Gasteiger partial charge in [0.1, 0.15) is 0 Å². The van der Waals surface area contributed by atoms with Crippen molar-refractivity contribution in [2.45, 2.75) is 0 Å². The first-order chi connectivity index (χ1) is 2.27. The van der Waals surface area contributed by atoms with E-state index in [4.69, 9.17) is 0 Å². The number of methoxy groups -OCH3 is 1. The molecule has 0 bridgehead atoms. The standard InChI is InChI=1S/C3H5O2.CH3.Y/c1-3(4)5-2;;/h1H2,2H3;1H3;/q2*-1;. The summed E-state index contributed by atoms with van der Waals surface area (Å²) in [6, 6.07) is 0. The zero-order valence-corrected chi connectivity index (χ0v) is 7.44. The molecule has 2 nitrogen and oxygen atoms in total. The Bertz CT molecular complexity index is 45.0. The van der Waals surface area contributed by atoms with Gasteiger partial charge in [-0.25, -0.2) is 0 Å². The fourth-order valence-electron chi connectivity index (χ4n) is 0. The predicted octanol–water partition coefficient (Wildman–Crippen LogP) is 0.441. The molecule has 0 rings (SSSR count). The number of carbonyl (C=O) groups excluding carboxylic acids is 1. The van der Waals surface area contributed by atoms with Gasteiger partial charge in [0.05, 0.1) is 7.11 Å². The number of esters is 1. The van der Waals surface area contributed by atoms with E-state index in [-0.39, 0.29) is 40.1 Å². The van der Waals surface area contributed by atoms with Gasteiger partial charge in [-0.2, -0.15) is 0 Å². The zero-order chi connectivity index (χ0) is 4.28. The van der Waals surface area contributed by atoms with Crippen LogP contribution in [0.1, 0.15) is 0 Å². The molecule has 0 aliphatic heterocycles. The molecule has 0 aliphatic carbocycles. The third-order valence-electron chi connectivity index (χ3n) is 0.228. The molecule has 0 N–H and O–H groups in total. The predicted molar refractivity (Wildman–Crippen MR) is 23.8 cm³/mol. The van der Waals surface area contributed by atoms with Gasteiger partial charge in [0.25, 0.3) is 0 Å². The Morgan fingerprint density at radius 3 is 1.86 bits per heavy atom. The molecule has 0 saturated heterocycles. The first kappa shape index (κ1) is 15.7. The molecule has 0 aliphatic rings. The van der Waals surface area contributed by atoms with Crippen molar-refractivity contribution in [2.75, 3.05) is 7.11 Å². The van der Waals surface area contributed by atoms with Crippen LogP contribution in [-0.4, -0.2) is 13.1 Å². The maximum atomic E-state index is 9.48. The summed E-state index contributed by atoms with van der Waals surface area (Å²) in [5.41, 5.74) is 0. The minimum absolute atomic E-state index is 0. The van der Waals surface area contributed by atoms with Crippen molar-refractivity contribution < 1.29 is 42.2 Å². The molecule has 0 amide bonds. The van der Waals surface area contributed by atoms with Crippen LogP contribution in [0.15, 0.2) is 0 Å². The summed E-state index contributed by atoms with van der Waals surface area (Å²) in [6.45, 7) is 2.90. The molecular weight excluding hydrogens is 169 g/mol. The third-order valence-corrected chi connectivity index (χ3v) is 0.228. The summed E-state index contributed by atoms with van der Waals surface area (Å²) < 4.78 is 4.00. The normalized spacial score (nSPS) is 4.71. The van der Waals surface area contributed by atoms with Gasteiger partial charge in [-0.05, 0) is 0 Å². The molecular formula is C4H8O2Y-2. The smallest absolute Gasteiger partial charge is 0.164 e. The van der Waals surface area contributed by atoms with E-state index in [0.717, 1.165) is 0 Å². The van der Waals surface area contributed by atoms with Crippen molar-refractivity contribution >= 4 is 5.97 Å². The quantitative estimate of drug-likeness (QED) is 0.396. The van der Waals surface area contributed by atoms with Crippen molar-refractivity contribution in [2.24, 2.45) is 0 Å². The van der Waals surface area contributed by atoms with Crippen LogP contribution in [0.5, 0.6) is 0 Å². The van der Waals surface area contributed by atoms with Gasteiger partial charge < -0.3 is 12.2 Å². The Morgan fingerprint density at radius 2 is 1.86 bits per heavy atom. The second-order valence-electron chi connectivity index (χ2n) is 0.576. The molecule has 0 unspecified atom stereocenters. The first-order valence-electron chi connectivity index (χ1n) is 1.17. The fourth-order valence-corrected chi connectivity index (χ4v) is 0. The molecule has 7 heavy (non-hydrogen) atoms. The monoisotopic (exact) mass is 177 g/mol. The summed E-state index contributed by atoms with van der Waals surface area (Å²) in [5, 5.41) is 0. The van der Waals surface area contributed by atoms with Gasteiger partial charge in [0, 0.05) is 32.7 Å². The van der Waals surface area contributed by atoms with E-state index < -0.39 is 5.97 Å². The summed E-state index contributed by atoms with van der Waals surface area (Å²) in [6.07, 6.45) is 0. The van der Waals surface area contributed by atoms with Gasteiger partial charge in [0.2, 0.25) is 0 Å². The average molecular weight is 177 g/mol. The summed E-state index contributed by atoms with van der Waals surface area (Å²) in [7, 11) is 1.29. The molecule has 0 fully saturated rings. The van der Waals surface area contributed by atoms with Crippen LogP contribution in [0, 0.1) is 14.4 Å². The van der Waals surface area contributed by atoms with Crippen molar-refractivity contribution in [3.63, 3.8) is 0 Å². The fraction of sp³-hybridized carbons (Fsp3) is 0.250. The van der Waals surface area contributed by atoms with Crippen LogP contribution < -0.4 is 0 Å². The summed E-state index contributed by atoms with van der Waals surface area (Å²) in [5.74, 6) is -0.495. The number of ether oxygens (including phenoxy) is 1. The van der Waals surface area contributed by atoms with Crippen molar-refractivity contribution in [1.82, 2.24) is 0 Å². The molecule has 0 saturated carbocycles. The van der Waals surface area contributed by atoms with Crippen molar-refractivity contribution in [3.8, 4) is 0 Å². The molecule has 1 radical (unpaired) electrons. The van der Waals surface area contributed by atoms with E-state index in [2.05, 4.69) is 11.7 Å². The van der Waals surface area contributed by atoms with E-state index in [9.17, 15) is 4.79 Å². The Balaban J connectivity index is -0.0000000800. The van der Waals surface area contributed by atoms with E-state index in [0.29, 0.717) is 0 Å². The molecule has 0 aromatic rings. The largest absolute Gasteiger partial charge is 0.492 e. The van der Waals surface area contributed by atoms with Crippen molar-refractivity contribution in [3.05, 3.63) is 14.4 Å². The molecule has 3 heteroatoms. The van der Waals surface area contributed by atoms with Crippen LogP contribution in [0.25, 0.3) is 0 Å². The van der Waals surface area contributed by atoms with Gasteiger partial charge in [-0.1, -0.05) is 0 Å². The SMILES string of the molecule is [CH2-]C(=O)OC.[CH3-].[Y]. The van der Waals surface area contributed by atoms with Gasteiger partial charge >= 0.3 is 0 Å². The Kier molecular flexibility index (Phi) is 21.6. The molecule has 0 spiro atoms. The van der Waals surface area contributed by atoms with Crippen LogP contribution in [-0.2, 0) is 42.2 Å². The molecule has 41 valence electrons. The average Bonchev–Trinajstić information content (AvgIpc) is 1.38. The van der Waals surface area contributed by atoms with Gasteiger partial charge in [-0.3, -0.25) is 11.7 Å². The number of carbonyl (C=O) groups is 1. The third kappa shape index (κ3) is 21.3. The Morgan fingerprint density at radius 1 is 1.71 bits per heavy atom. The molecule has 0 heterocycles. The van der Waals surface area contributed by atoms with E-state index >= 15 is 0 Å². The Hall–Kier alpha value is 0.444. The van der Waals surface area contributed by atoms with Crippen LogP contribution in [0.4, 0.5) is 0 Å². The second kappa shape index (κ2) is 9.67. The van der Waals surface area contributed by atoms with Crippen LogP contribution in [0.2, 0.25) is 0 Å². The van der Waals surface area contributed by atoms with Crippen LogP contribution >= 0.6 is 0 Å². The van der Waals surface area contributed by atoms with Gasteiger partial charge in [0.15, 0.2) is 5.97 Å². The second-order valence-corrected chi connectivity index (χ2v) is 0.576. The minimum atomic E-state index is -0.495. The summed E-state index contributed by atoms with van der Waals surface area (Å²) in [4.78, 5) is 9.48. The minimum Gasteiger partial charge on any atom is -0.492 e. The Labute approximate surface area is 69.5 Å². The summed E-state index contributed by atoms with van der Waals surface area (Å²) >= 11 is 0. The molecule has 0 aromatic heterocycles. The molecule has 0 aromatic carbocycles. The topological polar surface area (TPSA) is 26.3 Å². The van der Waals surface area contributed by atoms with Crippen molar-refractivity contribution in [1.29, 1.82) is 0 Å². The van der Waals surface area contributed by atoms with E-state index in [1.165, 1.54) is 7.11 Å². The number of hydrogen-bond acceptors (Lipinski definition) is 2. The maximum Gasteiger partial charge on any atom is 0.164 e. The first-order valence-corrected chi connectivity index (χ1v) is 1.17.